The monoisotopic (exact) mass is 174 g/mol. The van der Waals surface area contributed by atoms with Crippen molar-refractivity contribution in [2.45, 2.75) is 40.0 Å². The molecule has 0 fully saturated rings. The Morgan fingerprint density at radius 2 is 1.82 bits per heavy atom. The number of carbonyl (C=O) groups is 1. The van der Waals surface area contributed by atoms with Crippen molar-refractivity contribution in [1.29, 1.82) is 0 Å². The molecule has 0 aliphatic carbocycles. The Balaban J connectivity index is 4.07. The summed E-state index contributed by atoms with van der Waals surface area (Å²) in [7, 11) is -1.08. The van der Waals surface area contributed by atoms with E-state index < -0.39 is 9.04 Å². The largest absolute Gasteiger partial charge is 0.410 e. The number of hydrogen-bond donors (Lipinski definition) is 0. The fourth-order valence-corrected chi connectivity index (χ4v) is 1.79. The van der Waals surface area contributed by atoms with E-state index in [0.717, 1.165) is 6.29 Å². The van der Waals surface area contributed by atoms with E-state index in [1.165, 1.54) is 0 Å². The van der Waals surface area contributed by atoms with E-state index in [9.17, 15) is 4.79 Å². The van der Waals surface area contributed by atoms with Crippen LogP contribution in [-0.2, 0) is 9.22 Å². The first-order valence-electron chi connectivity index (χ1n) is 3.98. The molecule has 0 aliphatic heterocycles. The summed E-state index contributed by atoms with van der Waals surface area (Å²) in [5.41, 5.74) is -0.0565. The molecule has 0 aromatic heterocycles. The lowest BCUT2D eigenvalue weighted by atomic mass is 9.90. The van der Waals surface area contributed by atoms with Crippen molar-refractivity contribution in [3.63, 3.8) is 0 Å². The minimum Gasteiger partial charge on any atom is -0.410 e. The van der Waals surface area contributed by atoms with Crippen LogP contribution in [0.2, 0.25) is 13.1 Å². The van der Waals surface area contributed by atoms with E-state index in [-0.39, 0.29) is 11.5 Å². The zero-order valence-corrected chi connectivity index (χ0v) is 9.20. The van der Waals surface area contributed by atoms with Crippen molar-refractivity contribution in [3.8, 4) is 0 Å². The standard InChI is InChI=1S/C8H18O2Si/c1-8(2,3)7(6-9)10-11(4)5/h6-7,11H,1-5H3. The fourth-order valence-electron chi connectivity index (χ4n) is 0.734. The van der Waals surface area contributed by atoms with Gasteiger partial charge in [0.15, 0.2) is 9.04 Å². The van der Waals surface area contributed by atoms with E-state index in [4.69, 9.17) is 4.43 Å². The van der Waals surface area contributed by atoms with Gasteiger partial charge in [-0.2, -0.15) is 0 Å². The summed E-state index contributed by atoms with van der Waals surface area (Å²) in [6.45, 7) is 10.2. The Hall–Kier alpha value is -0.153. The highest BCUT2D eigenvalue weighted by Crippen LogP contribution is 2.20. The molecular formula is C8H18O2Si. The molecule has 0 aliphatic rings. The van der Waals surface area contributed by atoms with Crippen LogP contribution in [-0.4, -0.2) is 21.4 Å². The Bertz CT molecular complexity index is 127. The van der Waals surface area contributed by atoms with Crippen LogP contribution in [0.4, 0.5) is 0 Å². The average molecular weight is 174 g/mol. The molecule has 0 aromatic carbocycles. The molecule has 11 heavy (non-hydrogen) atoms. The number of hydrogen-bond acceptors (Lipinski definition) is 2. The second-order valence-electron chi connectivity index (χ2n) is 4.11. The quantitative estimate of drug-likeness (QED) is 0.480. The Morgan fingerprint density at radius 3 is 1.91 bits per heavy atom. The fraction of sp³-hybridized carbons (Fsp3) is 0.875. The third-order valence-corrected chi connectivity index (χ3v) is 2.23. The molecule has 1 unspecified atom stereocenters. The van der Waals surface area contributed by atoms with Crippen molar-refractivity contribution in [1.82, 2.24) is 0 Å². The summed E-state index contributed by atoms with van der Waals surface area (Å²) < 4.78 is 5.53. The maximum Gasteiger partial charge on any atom is 0.171 e. The molecule has 0 amide bonds. The summed E-state index contributed by atoms with van der Waals surface area (Å²) >= 11 is 0. The Labute approximate surface area is 70.7 Å². The molecule has 0 radical (unpaired) electrons. The van der Waals surface area contributed by atoms with Gasteiger partial charge in [-0.1, -0.05) is 20.8 Å². The first-order valence-corrected chi connectivity index (χ1v) is 6.76. The molecule has 0 heterocycles. The summed E-state index contributed by atoms with van der Waals surface area (Å²) in [4.78, 5) is 10.6. The van der Waals surface area contributed by atoms with Gasteiger partial charge < -0.3 is 9.22 Å². The van der Waals surface area contributed by atoms with E-state index in [1.54, 1.807) is 0 Å². The summed E-state index contributed by atoms with van der Waals surface area (Å²) in [5, 5.41) is 0. The van der Waals surface area contributed by atoms with Crippen molar-refractivity contribution < 1.29 is 9.22 Å². The molecule has 0 bridgehead atoms. The lowest BCUT2D eigenvalue weighted by molar-refractivity contribution is -0.117. The topological polar surface area (TPSA) is 26.3 Å². The van der Waals surface area contributed by atoms with Gasteiger partial charge >= 0.3 is 0 Å². The SMILES string of the molecule is C[SiH](C)OC(C=O)C(C)(C)C. The Kier molecular flexibility index (Phi) is 3.96. The van der Waals surface area contributed by atoms with Crippen molar-refractivity contribution in [2.24, 2.45) is 5.41 Å². The van der Waals surface area contributed by atoms with Gasteiger partial charge in [0.1, 0.15) is 12.4 Å². The van der Waals surface area contributed by atoms with Gasteiger partial charge in [-0.3, -0.25) is 0 Å². The third-order valence-electron chi connectivity index (χ3n) is 1.40. The van der Waals surface area contributed by atoms with Gasteiger partial charge in [-0.25, -0.2) is 0 Å². The molecule has 0 spiro atoms. The molecule has 0 saturated carbocycles. The summed E-state index contributed by atoms with van der Waals surface area (Å²) in [5.74, 6) is 0. The first-order chi connectivity index (χ1) is 4.88. The summed E-state index contributed by atoms with van der Waals surface area (Å²) in [6, 6.07) is 0. The first kappa shape index (κ1) is 10.8. The third kappa shape index (κ3) is 4.32. The zero-order chi connectivity index (χ0) is 9.07. The molecule has 66 valence electrons. The van der Waals surface area contributed by atoms with Crippen LogP contribution in [0.25, 0.3) is 0 Å². The highest BCUT2D eigenvalue weighted by Gasteiger charge is 2.25. The smallest absolute Gasteiger partial charge is 0.171 e. The molecule has 0 N–H and O–H groups in total. The van der Waals surface area contributed by atoms with E-state index in [1.807, 2.05) is 20.8 Å². The number of aldehydes is 1. The predicted molar refractivity (Wildman–Crippen MR) is 49.3 cm³/mol. The van der Waals surface area contributed by atoms with Gasteiger partial charge in [0.25, 0.3) is 0 Å². The van der Waals surface area contributed by atoms with Gasteiger partial charge in [0.2, 0.25) is 0 Å². The van der Waals surface area contributed by atoms with Crippen molar-refractivity contribution in [3.05, 3.63) is 0 Å². The summed E-state index contributed by atoms with van der Waals surface area (Å²) in [6.07, 6.45) is 0.682. The lowest BCUT2D eigenvalue weighted by Crippen LogP contribution is -2.34. The second-order valence-corrected chi connectivity index (χ2v) is 6.48. The molecule has 1 atom stereocenters. The van der Waals surface area contributed by atoms with Gasteiger partial charge in [-0.15, -0.1) is 0 Å². The lowest BCUT2D eigenvalue weighted by Gasteiger charge is -2.27. The van der Waals surface area contributed by atoms with Crippen LogP contribution in [0.15, 0.2) is 0 Å². The van der Waals surface area contributed by atoms with Crippen LogP contribution >= 0.6 is 0 Å². The maximum atomic E-state index is 10.6. The molecule has 0 aromatic rings. The Morgan fingerprint density at radius 1 is 1.36 bits per heavy atom. The number of rotatable bonds is 3. The van der Waals surface area contributed by atoms with Crippen LogP contribution in [0.1, 0.15) is 20.8 Å². The minimum absolute atomic E-state index is 0.0565. The molecule has 3 heteroatoms. The minimum atomic E-state index is -1.08. The van der Waals surface area contributed by atoms with Gasteiger partial charge in [0, 0.05) is 0 Å². The zero-order valence-electron chi connectivity index (χ0n) is 8.05. The van der Waals surface area contributed by atoms with Crippen molar-refractivity contribution >= 4 is 15.3 Å². The highest BCUT2D eigenvalue weighted by molar-refractivity contribution is 6.48. The van der Waals surface area contributed by atoms with Gasteiger partial charge in [-0.05, 0) is 18.5 Å². The predicted octanol–water partition coefficient (Wildman–Crippen LogP) is 1.60. The second kappa shape index (κ2) is 4.02. The van der Waals surface area contributed by atoms with E-state index in [0.29, 0.717) is 0 Å². The van der Waals surface area contributed by atoms with Crippen LogP contribution in [0.3, 0.4) is 0 Å². The highest BCUT2D eigenvalue weighted by atomic mass is 28.3. The molecule has 2 nitrogen and oxygen atoms in total. The molecular weight excluding hydrogens is 156 g/mol. The van der Waals surface area contributed by atoms with E-state index >= 15 is 0 Å². The van der Waals surface area contributed by atoms with Crippen LogP contribution < -0.4 is 0 Å². The number of carbonyl (C=O) groups excluding carboxylic acids is 1. The molecule has 0 rings (SSSR count). The average Bonchev–Trinajstić information content (AvgIpc) is 1.79. The van der Waals surface area contributed by atoms with Crippen LogP contribution in [0.5, 0.6) is 0 Å². The maximum absolute atomic E-state index is 10.6. The van der Waals surface area contributed by atoms with Gasteiger partial charge in [0.05, 0.1) is 0 Å². The van der Waals surface area contributed by atoms with E-state index in [2.05, 4.69) is 13.1 Å². The van der Waals surface area contributed by atoms with Crippen molar-refractivity contribution in [2.75, 3.05) is 0 Å². The normalized spacial score (nSPS) is 15.1. The molecule has 0 saturated heterocycles. The van der Waals surface area contributed by atoms with Crippen LogP contribution in [0, 0.1) is 5.41 Å².